The second-order valence-electron chi connectivity index (χ2n) is 6.19. The van der Waals surface area contributed by atoms with Crippen molar-refractivity contribution in [1.82, 2.24) is 0 Å². The molecule has 0 saturated heterocycles. The highest BCUT2D eigenvalue weighted by atomic mass is 35.5. The van der Waals surface area contributed by atoms with Crippen molar-refractivity contribution in [3.05, 3.63) is 86.6 Å². The van der Waals surface area contributed by atoms with Crippen LogP contribution in [0, 0.1) is 5.82 Å². The van der Waals surface area contributed by atoms with Gasteiger partial charge in [-0.1, -0.05) is 53.0 Å². The molecular weight excluding hydrogens is 436 g/mol. The summed E-state index contributed by atoms with van der Waals surface area (Å²) in [5, 5.41) is 4.71. The maximum Gasteiger partial charge on any atom is 0.163 e. The molecule has 0 unspecified atom stereocenters. The summed E-state index contributed by atoms with van der Waals surface area (Å²) in [6, 6.07) is 15.3. The predicted molar refractivity (Wildman–Crippen MR) is 117 cm³/mol. The molecule has 29 heavy (non-hydrogen) atoms. The summed E-state index contributed by atoms with van der Waals surface area (Å²) in [6.07, 6.45) is 0. The van der Waals surface area contributed by atoms with Gasteiger partial charge in [-0.15, -0.1) is 0 Å². The predicted octanol–water partition coefficient (Wildman–Crippen LogP) is 7.38. The highest BCUT2D eigenvalue weighted by Crippen LogP contribution is 2.35. The summed E-state index contributed by atoms with van der Waals surface area (Å²) in [6.45, 7) is 2.86. The highest BCUT2D eigenvalue weighted by Gasteiger charge is 2.13. The standard InChI is InChI=1S/C22H19Cl3FNO2/c1-2-28-21-9-15(12-27-16-7-8-17(23)19(25)10-16)18(24)11-22(21)29-13-14-5-3-4-6-20(14)26/h3-11,27H,2,12-13H2,1H3. The van der Waals surface area contributed by atoms with Crippen LogP contribution in [0.4, 0.5) is 10.1 Å². The van der Waals surface area contributed by atoms with Gasteiger partial charge in [-0.25, -0.2) is 4.39 Å². The smallest absolute Gasteiger partial charge is 0.163 e. The van der Waals surface area contributed by atoms with Gasteiger partial charge < -0.3 is 14.8 Å². The van der Waals surface area contributed by atoms with Crippen molar-refractivity contribution in [2.24, 2.45) is 0 Å². The van der Waals surface area contributed by atoms with Gasteiger partial charge in [0.2, 0.25) is 0 Å². The molecule has 0 saturated carbocycles. The van der Waals surface area contributed by atoms with Gasteiger partial charge in [0, 0.05) is 28.9 Å². The molecule has 0 aliphatic rings. The monoisotopic (exact) mass is 453 g/mol. The van der Waals surface area contributed by atoms with Crippen molar-refractivity contribution in [3.63, 3.8) is 0 Å². The molecule has 0 amide bonds. The molecule has 0 atom stereocenters. The molecule has 0 radical (unpaired) electrons. The Balaban J connectivity index is 1.76. The van der Waals surface area contributed by atoms with Crippen LogP contribution in [0.3, 0.4) is 0 Å². The van der Waals surface area contributed by atoms with E-state index < -0.39 is 0 Å². The van der Waals surface area contributed by atoms with Crippen LogP contribution < -0.4 is 14.8 Å². The molecule has 0 fully saturated rings. The summed E-state index contributed by atoms with van der Waals surface area (Å²) >= 11 is 18.4. The zero-order chi connectivity index (χ0) is 20.8. The SMILES string of the molecule is CCOc1cc(CNc2ccc(Cl)c(Cl)c2)c(Cl)cc1OCc1ccccc1F. The number of nitrogens with one attached hydrogen (secondary N) is 1. The molecule has 0 aliphatic heterocycles. The zero-order valence-electron chi connectivity index (χ0n) is 15.6. The summed E-state index contributed by atoms with van der Waals surface area (Å²) in [4.78, 5) is 0. The Labute approximate surface area is 184 Å². The molecule has 0 spiro atoms. The van der Waals surface area contributed by atoms with Crippen molar-refractivity contribution >= 4 is 40.5 Å². The van der Waals surface area contributed by atoms with Crippen LogP contribution in [-0.2, 0) is 13.2 Å². The van der Waals surface area contributed by atoms with Gasteiger partial charge in [-0.3, -0.25) is 0 Å². The Morgan fingerprint density at radius 1 is 0.828 bits per heavy atom. The third-order valence-corrected chi connectivity index (χ3v) is 5.25. The molecule has 0 aliphatic carbocycles. The average Bonchev–Trinajstić information content (AvgIpc) is 2.70. The Hall–Kier alpha value is -2.14. The van der Waals surface area contributed by atoms with Crippen molar-refractivity contribution in [2.45, 2.75) is 20.1 Å². The molecule has 0 heterocycles. The lowest BCUT2D eigenvalue weighted by atomic mass is 10.2. The van der Waals surface area contributed by atoms with Gasteiger partial charge in [0.25, 0.3) is 0 Å². The Kier molecular flexibility index (Phi) is 7.48. The quantitative estimate of drug-likeness (QED) is 0.385. The molecule has 3 aromatic carbocycles. The first kappa shape index (κ1) is 21.6. The first-order valence-electron chi connectivity index (χ1n) is 8.98. The largest absolute Gasteiger partial charge is 0.490 e. The van der Waals surface area contributed by atoms with E-state index in [4.69, 9.17) is 44.3 Å². The fourth-order valence-electron chi connectivity index (χ4n) is 2.67. The van der Waals surface area contributed by atoms with Crippen LogP contribution in [-0.4, -0.2) is 6.61 Å². The van der Waals surface area contributed by atoms with E-state index in [1.54, 1.807) is 36.4 Å². The Morgan fingerprint density at radius 2 is 1.59 bits per heavy atom. The van der Waals surface area contributed by atoms with E-state index in [-0.39, 0.29) is 12.4 Å². The normalized spacial score (nSPS) is 10.7. The van der Waals surface area contributed by atoms with Crippen molar-refractivity contribution in [3.8, 4) is 11.5 Å². The Bertz CT molecular complexity index is 998. The van der Waals surface area contributed by atoms with E-state index in [1.165, 1.54) is 6.07 Å². The van der Waals surface area contributed by atoms with Crippen LogP contribution in [0.5, 0.6) is 11.5 Å². The van der Waals surface area contributed by atoms with Crippen LogP contribution in [0.15, 0.2) is 54.6 Å². The van der Waals surface area contributed by atoms with Crippen LogP contribution in [0.1, 0.15) is 18.1 Å². The minimum Gasteiger partial charge on any atom is -0.490 e. The van der Waals surface area contributed by atoms with Crippen molar-refractivity contribution < 1.29 is 13.9 Å². The summed E-state index contributed by atoms with van der Waals surface area (Å²) in [5.74, 6) is 0.677. The third-order valence-electron chi connectivity index (χ3n) is 4.16. The second-order valence-corrected chi connectivity index (χ2v) is 7.41. The lowest BCUT2D eigenvalue weighted by molar-refractivity contribution is 0.265. The molecule has 3 rings (SSSR count). The molecule has 7 heteroatoms. The maximum absolute atomic E-state index is 13.8. The number of anilines is 1. The second kappa shape index (κ2) is 10.1. The average molecular weight is 455 g/mol. The summed E-state index contributed by atoms with van der Waals surface area (Å²) in [7, 11) is 0. The van der Waals surface area contributed by atoms with Gasteiger partial charge in [-0.05, 0) is 42.8 Å². The van der Waals surface area contributed by atoms with Gasteiger partial charge >= 0.3 is 0 Å². The molecule has 3 nitrogen and oxygen atoms in total. The van der Waals surface area contributed by atoms with E-state index in [0.29, 0.717) is 45.3 Å². The van der Waals surface area contributed by atoms with Gasteiger partial charge in [0.15, 0.2) is 11.5 Å². The number of rotatable bonds is 8. The van der Waals surface area contributed by atoms with E-state index in [2.05, 4.69) is 5.32 Å². The fourth-order valence-corrected chi connectivity index (χ4v) is 3.19. The zero-order valence-corrected chi connectivity index (χ0v) is 17.9. The third kappa shape index (κ3) is 5.69. The minimum absolute atomic E-state index is 0.0734. The number of ether oxygens (including phenoxy) is 2. The summed E-state index contributed by atoms with van der Waals surface area (Å²) in [5.41, 5.74) is 2.09. The highest BCUT2D eigenvalue weighted by molar-refractivity contribution is 6.42. The van der Waals surface area contributed by atoms with E-state index in [9.17, 15) is 4.39 Å². The first-order chi connectivity index (χ1) is 14.0. The molecular formula is C22H19Cl3FNO2. The molecule has 1 N–H and O–H groups in total. The van der Waals surface area contributed by atoms with Crippen LogP contribution in [0.25, 0.3) is 0 Å². The van der Waals surface area contributed by atoms with Gasteiger partial charge in [0.1, 0.15) is 12.4 Å². The molecule has 3 aromatic rings. The lowest BCUT2D eigenvalue weighted by Crippen LogP contribution is -2.04. The van der Waals surface area contributed by atoms with Gasteiger partial charge in [-0.2, -0.15) is 0 Å². The number of halogens is 4. The molecule has 0 aromatic heterocycles. The van der Waals surface area contributed by atoms with Crippen molar-refractivity contribution in [1.29, 1.82) is 0 Å². The maximum atomic E-state index is 13.8. The lowest BCUT2D eigenvalue weighted by Gasteiger charge is -2.16. The molecule has 0 bridgehead atoms. The topological polar surface area (TPSA) is 30.5 Å². The van der Waals surface area contributed by atoms with Gasteiger partial charge in [0.05, 0.1) is 16.7 Å². The van der Waals surface area contributed by atoms with Crippen LogP contribution in [0.2, 0.25) is 15.1 Å². The number of hydrogen-bond donors (Lipinski definition) is 1. The molecule has 152 valence electrons. The fraction of sp³-hybridized carbons (Fsp3) is 0.182. The Morgan fingerprint density at radius 3 is 2.31 bits per heavy atom. The number of benzene rings is 3. The van der Waals surface area contributed by atoms with E-state index in [0.717, 1.165) is 11.3 Å². The van der Waals surface area contributed by atoms with E-state index >= 15 is 0 Å². The number of hydrogen-bond acceptors (Lipinski definition) is 3. The van der Waals surface area contributed by atoms with E-state index in [1.807, 2.05) is 19.1 Å². The van der Waals surface area contributed by atoms with Crippen molar-refractivity contribution in [2.75, 3.05) is 11.9 Å². The minimum atomic E-state index is -0.320. The van der Waals surface area contributed by atoms with Crippen LogP contribution >= 0.6 is 34.8 Å². The summed E-state index contributed by atoms with van der Waals surface area (Å²) < 4.78 is 25.3. The first-order valence-corrected chi connectivity index (χ1v) is 10.1.